The Kier molecular flexibility index (Phi) is 13.8. The molecule has 0 aliphatic carbocycles. The highest BCUT2D eigenvalue weighted by Gasteiger charge is 2.46. The third-order valence-electron chi connectivity index (χ3n) is 8.07. The molecular formula is C35H49NO5. The summed E-state index contributed by atoms with van der Waals surface area (Å²) in [4.78, 5) is 28.2. The van der Waals surface area contributed by atoms with Crippen LogP contribution in [0.5, 0.6) is 11.5 Å². The maximum Gasteiger partial charge on any atom is 0.295 e. The number of aliphatic hydroxyl groups excluding tert-OH is 1. The molecule has 1 atom stereocenters. The summed E-state index contributed by atoms with van der Waals surface area (Å²) < 4.78 is 11.0. The number of rotatable bonds is 19. The number of Topliss-reactive ketones (excluding diaryl/α,β-unsaturated/α-hetero) is 1. The second kappa shape index (κ2) is 17.5. The van der Waals surface area contributed by atoms with Crippen molar-refractivity contribution in [2.24, 2.45) is 0 Å². The van der Waals surface area contributed by atoms with E-state index in [2.05, 4.69) is 6.92 Å². The number of aliphatic hydroxyl groups is 1. The number of hydrogen-bond donors (Lipinski definition) is 1. The second-order valence-corrected chi connectivity index (χ2v) is 11.1. The molecule has 2 aromatic carbocycles. The lowest BCUT2D eigenvalue weighted by molar-refractivity contribution is -0.139. The van der Waals surface area contributed by atoms with Gasteiger partial charge in [0.15, 0.2) is 0 Å². The topological polar surface area (TPSA) is 76.1 Å². The summed E-state index contributed by atoms with van der Waals surface area (Å²) in [6.07, 6.45) is 17.5. The van der Waals surface area contributed by atoms with Crippen LogP contribution in [-0.4, -0.2) is 42.5 Å². The van der Waals surface area contributed by atoms with Crippen LogP contribution in [0.1, 0.15) is 114 Å². The fourth-order valence-electron chi connectivity index (χ4n) is 5.71. The Labute approximate surface area is 246 Å². The Bertz CT molecular complexity index is 1130. The number of unbranched alkanes of at least 4 members (excludes halogenated alkanes) is 13. The van der Waals surface area contributed by atoms with E-state index in [0.29, 0.717) is 29.2 Å². The molecule has 1 aliphatic rings. The lowest BCUT2D eigenvalue weighted by Crippen LogP contribution is -2.31. The van der Waals surface area contributed by atoms with Crippen molar-refractivity contribution in [1.29, 1.82) is 0 Å². The number of likely N-dealkylation sites (tertiary alicyclic amines) is 1. The summed E-state index contributed by atoms with van der Waals surface area (Å²) in [5, 5.41) is 11.2. The van der Waals surface area contributed by atoms with Crippen molar-refractivity contribution in [3.63, 3.8) is 0 Å². The lowest BCUT2D eigenvalue weighted by Gasteiger charge is -2.27. The average molecular weight is 564 g/mol. The van der Waals surface area contributed by atoms with Gasteiger partial charge in [0, 0.05) is 23.7 Å². The number of ether oxygens (including phenoxy) is 2. The van der Waals surface area contributed by atoms with E-state index in [1.165, 1.54) is 70.6 Å². The number of hydrogen-bond acceptors (Lipinski definition) is 5. The number of benzene rings is 2. The normalized spacial score (nSPS) is 16.4. The highest BCUT2D eigenvalue weighted by atomic mass is 16.5. The Balaban J connectivity index is 1.60. The van der Waals surface area contributed by atoms with Crippen molar-refractivity contribution in [3.05, 3.63) is 65.2 Å². The minimum Gasteiger partial charge on any atom is -0.507 e. The van der Waals surface area contributed by atoms with Gasteiger partial charge in [-0.2, -0.15) is 0 Å². The first-order valence-electron chi connectivity index (χ1n) is 15.6. The Morgan fingerprint density at radius 3 is 1.85 bits per heavy atom. The lowest BCUT2D eigenvalue weighted by atomic mass is 9.94. The van der Waals surface area contributed by atoms with Crippen LogP contribution in [0.3, 0.4) is 0 Å². The summed E-state index contributed by atoms with van der Waals surface area (Å²) in [7, 11) is 3.13. The van der Waals surface area contributed by atoms with E-state index in [9.17, 15) is 14.7 Å². The molecule has 1 aliphatic heterocycles. The van der Waals surface area contributed by atoms with Crippen molar-refractivity contribution in [2.45, 2.75) is 103 Å². The minimum absolute atomic E-state index is 0.0926. The first-order chi connectivity index (χ1) is 20.0. The van der Waals surface area contributed by atoms with Crippen LogP contribution in [0.25, 0.3) is 5.76 Å². The third kappa shape index (κ3) is 9.11. The predicted octanol–water partition coefficient (Wildman–Crippen LogP) is 8.61. The van der Waals surface area contributed by atoms with Crippen LogP contribution < -0.4 is 9.47 Å². The van der Waals surface area contributed by atoms with E-state index in [4.69, 9.17) is 9.47 Å². The van der Waals surface area contributed by atoms with Crippen molar-refractivity contribution in [2.75, 3.05) is 20.8 Å². The molecule has 224 valence electrons. The highest BCUT2D eigenvalue weighted by molar-refractivity contribution is 6.46. The summed E-state index contributed by atoms with van der Waals surface area (Å²) in [6, 6.07) is 13.5. The number of carbonyl (C=O) groups excluding carboxylic acids is 2. The largest absolute Gasteiger partial charge is 0.507 e. The quantitative estimate of drug-likeness (QED) is 0.0801. The Morgan fingerprint density at radius 1 is 0.756 bits per heavy atom. The van der Waals surface area contributed by atoms with Gasteiger partial charge in [0.1, 0.15) is 17.3 Å². The van der Waals surface area contributed by atoms with Gasteiger partial charge in [-0.1, -0.05) is 121 Å². The van der Waals surface area contributed by atoms with Crippen molar-refractivity contribution in [3.8, 4) is 11.5 Å². The summed E-state index contributed by atoms with van der Waals surface area (Å²) in [6.45, 7) is 2.70. The van der Waals surface area contributed by atoms with Crippen LogP contribution in [0.15, 0.2) is 54.1 Å². The van der Waals surface area contributed by atoms with Crippen molar-refractivity contribution >= 4 is 17.4 Å². The second-order valence-electron chi connectivity index (χ2n) is 11.1. The van der Waals surface area contributed by atoms with Crippen LogP contribution in [0, 0.1) is 0 Å². The van der Waals surface area contributed by atoms with Gasteiger partial charge >= 0.3 is 0 Å². The molecule has 0 aromatic heterocycles. The molecule has 0 spiro atoms. The van der Waals surface area contributed by atoms with Gasteiger partial charge in [-0.3, -0.25) is 9.59 Å². The molecule has 6 heteroatoms. The van der Waals surface area contributed by atoms with Gasteiger partial charge in [-0.25, -0.2) is 0 Å². The molecule has 1 unspecified atom stereocenters. The summed E-state index contributed by atoms with van der Waals surface area (Å²) >= 11 is 0. The molecule has 1 heterocycles. The standard InChI is InChI=1S/C35H49NO5/c1-4-5-6-7-8-9-10-11-12-13-14-15-16-20-25-36-32(29-24-23-28(40-2)26-30(29)41-3)31(34(38)35(36)39)33(37)27-21-18-17-19-22-27/h17-19,21-24,26,32,37H,4-16,20,25H2,1-3H3/b33-31-. The number of ketones is 1. The molecule has 6 nitrogen and oxygen atoms in total. The Morgan fingerprint density at radius 2 is 1.32 bits per heavy atom. The third-order valence-corrected chi connectivity index (χ3v) is 8.07. The van der Waals surface area contributed by atoms with Crippen molar-refractivity contribution in [1.82, 2.24) is 4.90 Å². The van der Waals surface area contributed by atoms with Gasteiger partial charge in [-0.15, -0.1) is 0 Å². The van der Waals surface area contributed by atoms with Crippen LogP contribution >= 0.6 is 0 Å². The van der Waals surface area contributed by atoms with Gasteiger partial charge in [0.2, 0.25) is 0 Å². The van der Waals surface area contributed by atoms with Crippen LogP contribution in [0.4, 0.5) is 0 Å². The molecule has 0 radical (unpaired) electrons. The predicted molar refractivity (Wildman–Crippen MR) is 165 cm³/mol. The van der Waals surface area contributed by atoms with Crippen molar-refractivity contribution < 1.29 is 24.2 Å². The smallest absolute Gasteiger partial charge is 0.295 e. The first-order valence-corrected chi connectivity index (χ1v) is 15.6. The van der Waals surface area contributed by atoms with Crippen LogP contribution in [0.2, 0.25) is 0 Å². The molecule has 41 heavy (non-hydrogen) atoms. The average Bonchev–Trinajstić information content (AvgIpc) is 3.25. The fourth-order valence-corrected chi connectivity index (χ4v) is 5.71. The van der Waals surface area contributed by atoms with E-state index < -0.39 is 17.7 Å². The Hall–Kier alpha value is -3.28. The fraction of sp³-hybridized carbons (Fsp3) is 0.543. The minimum atomic E-state index is -0.738. The van der Waals surface area contributed by atoms with Gasteiger partial charge in [0.05, 0.1) is 25.8 Å². The molecule has 3 rings (SSSR count). The zero-order valence-corrected chi connectivity index (χ0v) is 25.3. The first kappa shape index (κ1) is 32.2. The van der Waals surface area contributed by atoms with Crippen LogP contribution in [-0.2, 0) is 9.59 Å². The SMILES string of the molecule is CCCCCCCCCCCCCCCCN1C(=O)C(=O)/C(=C(\O)c2ccccc2)C1c1ccc(OC)cc1OC. The van der Waals surface area contributed by atoms with E-state index in [-0.39, 0.29) is 11.3 Å². The number of carbonyl (C=O) groups is 2. The zero-order valence-electron chi connectivity index (χ0n) is 25.3. The molecule has 1 fully saturated rings. The number of nitrogens with zero attached hydrogens (tertiary/aromatic N) is 1. The molecule has 1 amide bonds. The molecular weight excluding hydrogens is 514 g/mol. The zero-order chi connectivity index (χ0) is 29.5. The van der Waals surface area contributed by atoms with Gasteiger partial charge < -0.3 is 19.5 Å². The summed E-state index contributed by atoms with van der Waals surface area (Å²) in [5.41, 5.74) is 1.24. The maximum absolute atomic E-state index is 13.3. The van der Waals surface area contributed by atoms with E-state index in [0.717, 1.165) is 19.3 Å². The van der Waals surface area contributed by atoms with E-state index >= 15 is 0 Å². The highest BCUT2D eigenvalue weighted by Crippen LogP contribution is 2.43. The molecule has 1 saturated heterocycles. The summed E-state index contributed by atoms with van der Waals surface area (Å²) in [5.74, 6) is -0.311. The van der Waals surface area contributed by atoms with E-state index in [1.807, 2.05) is 12.1 Å². The van der Waals surface area contributed by atoms with E-state index in [1.54, 1.807) is 55.5 Å². The van der Waals surface area contributed by atoms with Gasteiger partial charge in [-0.05, 0) is 18.6 Å². The maximum atomic E-state index is 13.3. The monoisotopic (exact) mass is 563 g/mol. The molecule has 0 saturated carbocycles. The van der Waals surface area contributed by atoms with Gasteiger partial charge in [0.25, 0.3) is 11.7 Å². The number of amides is 1. The number of methoxy groups -OCH3 is 2. The molecule has 0 bridgehead atoms. The molecule has 2 aromatic rings. The molecule has 1 N–H and O–H groups in total.